The normalized spacial score (nSPS) is 12.7. The van der Waals surface area contributed by atoms with Crippen LogP contribution in [0.25, 0.3) is 0 Å². The average molecular weight is 312 g/mol. The molecule has 5 heteroatoms. The van der Waals surface area contributed by atoms with Crippen LogP contribution in [0.2, 0.25) is 0 Å². The Balaban J connectivity index is 2.45. The molecular weight excluding hydrogens is 297 g/mol. The first-order valence-corrected chi connectivity index (χ1v) is 6.60. The van der Waals surface area contributed by atoms with Crippen LogP contribution >= 0.6 is 15.9 Å². The van der Waals surface area contributed by atoms with Gasteiger partial charge in [-0.3, -0.25) is 4.68 Å². The van der Waals surface area contributed by atoms with Crippen LogP contribution in [0, 0.1) is 5.82 Å². The molecule has 1 N–H and O–H groups in total. The summed E-state index contributed by atoms with van der Waals surface area (Å²) in [6.45, 7) is 2.82. The van der Waals surface area contributed by atoms with Crippen molar-refractivity contribution < 1.29 is 4.39 Å². The summed E-state index contributed by atoms with van der Waals surface area (Å²) in [5.74, 6) is -0.229. The molecule has 0 aliphatic carbocycles. The zero-order valence-electron chi connectivity index (χ0n) is 10.3. The highest BCUT2D eigenvalue weighted by Gasteiger charge is 2.20. The molecule has 1 heterocycles. The minimum atomic E-state index is -0.229. The van der Waals surface area contributed by atoms with Crippen molar-refractivity contribution in [3.8, 4) is 0 Å². The fraction of sp³-hybridized carbons (Fsp3) is 0.308. The summed E-state index contributed by atoms with van der Waals surface area (Å²) in [7, 11) is 1.81. The lowest BCUT2D eigenvalue weighted by Crippen LogP contribution is -2.19. The Morgan fingerprint density at radius 1 is 1.50 bits per heavy atom. The molecule has 2 aromatic rings. The predicted octanol–water partition coefficient (Wildman–Crippen LogP) is 3.11. The average Bonchev–Trinajstić information content (AvgIpc) is 2.82. The Morgan fingerprint density at radius 3 is 2.83 bits per heavy atom. The van der Waals surface area contributed by atoms with Crippen molar-refractivity contribution in [2.45, 2.75) is 19.5 Å². The highest BCUT2D eigenvalue weighted by molar-refractivity contribution is 9.10. The second kappa shape index (κ2) is 5.63. The van der Waals surface area contributed by atoms with Gasteiger partial charge in [-0.25, -0.2) is 4.39 Å². The molecule has 2 rings (SSSR count). The quantitative estimate of drug-likeness (QED) is 0.940. The molecule has 0 aliphatic heterocycles. The van der Waals surface area contributed by atoms with Crippen LogP contribution in [-0.4, -0.2) is 16.8 Å². The molecule has 1 aromatic heterocycles. The second-order valence-electron chi connectivity index (χ2n) is 3.99. The molecule has 96 valence electrons. The number of aromatic nitrogens is 2. The fourth-order valence-corrected chi connectivity index (χ4v) is 2.54. The van der Waals surface area contributed by atoms with Gasteiger partial charge in [0.15, 0.2) is 0 Å². The molecule has 0 bridgehead atoms. The van der Waals surface area contributed by atoms with E-state index >= 15 is 0 Å². The van der Waals surface area contributed by atoms with Crippen LogP contribution in [0.15, 0.2) is 35.1 Å². The third-order valence-corrected chi connectivity index (χ3v) is 3.58. The van der Waals surface area contributed by atoms with Crippen molar-refractivity contribution in [1.29, 1.82) is 0 Å². The van der Waals surface area contributed by atoms with Crippen LogP contribution in [0.1, 0.15) is 24.1 Å². The van der Waals surface area contributed by atoms with E-state index in [0.29, 0.717) is 5.56 Å². The number of nitrogens with one attached hydrogen (secondary N) is 1. The first-order valence-electron chi connectivity index (χ1n) is 5.81. The van der Waals surface area contributed by atoms with Gasteiger partial charge < -0.3 is 5.32 Å². The van der Waals surface area contributed by atoms with Gasteiger partial charge in [-0.15, -0.1) is 0 Å². The predicted molar refractivity (Wildman–Crippen MR) is 72.9 cm³/mol. The van der Waals surface area contributed by atoms with Gasteiger partial charge in [0.2, 0.25) is 0 Å². The summed E-state index contributed by atoms with van der Waals surface area (Å²) in [5.41, 5.74) is 1.56. The lowest BCUT2D eigenvalue weighted by Gasteiger charge is -2.17. The molecule has 0 saturated heterocycles. The van der Waals surface area contributed by atoms with Crippen LogP contribution in [0.5, 0.6) is 0 Å². The summed E-state index contributed by atoms with van der Waals surface area (Å²) >= 11 is 3.40. The van der Waals surface area contributed by atoms with Gasteiger partial charge >= 0.3 is 0 Å². The summed E-state index contributed by atoms with van der Waals surface area (Å²) in [6.07, 6.45) is 3.70. The minimum Gasteiger partial charge on any atom is -0.309 e. The number of aryl methyl sites for hydroxylation is 1. The first-order chi connectivity index (χ1) is 8.67. The number of hydrogen-bond donors (Lipinski definition) is 1. The molecule has 1 atom stereocenters. The Labute approximate surface area is 114 Å². The summed E-state index contributed by atoms with van der Waals surface area (Å²) in [5, 5.41) is 7.36. The van der Waals surface area contributed by atoms with E-state index in [0.717, 1.165) is 16.6 Å². The molecule has 0 spiro atoms. The van der Waals surface area contributed by atoms with Crippen molar-refractivity contribution >= 4 is 15.9 Å². The van der Waals surface area contributed by atoms with E-state index in [1.54, 1.807) is 12.3 Å². The topological polar surface area (TPSA) is 29.9 Å². The second-order valence-corrected chi connectivity index (χ2v) is 4.84. The summed E-state index contributed by atoms with van der Waals surface area (Å²) < 4.78 is 16.5. The van der Waals surface area contributed by atoms with E-state index in [1.165, 1.54) is 6.07 Å². The van der Waals surface area contributed by atoms with Gasteiger partial charge in [0.05, 0.1) is 12.2 Å². The fourth-order valence-electron chi connectivity index (χ4n) is 1.97. The zero-order chi connectivity index (χ0) is 13.1. The maximum Gasteiger partial charge on any atom is 0.129 e. The molecule has 0 radical (unpaired) electrons. The zero-order valence-corrected chi connectivity index (χ0v) is 11.9. The molecule has 18 heavy (non-hydrogen) atoms. The van der Waals surface area contributed by atoms with E-state index in [4.69, 9.17) is 0 Å². The Hall–Kier alpha value is -1.20. The Kier molecular flexibility index (Phi) is 4.14. The number of nitrogens with zero attached hydrogens (tertiary/aromatic N) is 2. The van der Waals surface area contributed by atoms with Gasteiger partial charge in [-0.05, 0) is 26.1 Å². The molecular formula is C13H15BrFN3. The smallest absolute Gasteiger partial charge is 0.129 e. The lowest BCUT2D eigenvalue weighted by atomic mass is 10.0. The highest BCUT2D eigenvalue weighted by Crippen LogP contribution is 2.30. The summed E-state index contributed by atoms with van der Waals surface area (Å²) in [4.78, 5) is 0. The van der Waals surface area contributed by atoms with Gasteiger partial charge in [0.25, 0.3) is 0 Å². The SMILES string of the molecule is CCn1cc(C(NC)c2c(F)cccc2Br)cn1. The van der Waals surface area contributed by atoms with Crippen molar-refractivity contribution in [2.24, 2.45) is 0 Å². The Morgan fingerprint density at radius 2 is 2.28 bits per heavy atom. The van der Waals surface area contributed by atoms with Crippen LogP contribution in [-0.2, 0) is 6.54 Å². The van der Waals surface area contributed by atoms with E-state index in [2.05, 4.69) is 26.3 Å². The number of benzene rings is 1. The number of hydrogen-bond acceptors (Lipinski definition) is 2. The third kappa shape index (κ3) is 2.47. The van der Waals surface area contributed by atoms with Gasteiger partial charge in [-0.2, -0.15) is 5.10 Å². The molecule has 0 aliphatic rings. The van der Waals surface area contributed by atoms with Crippen molar-refractivity contribution in [3.05, 3.63) is 52.0 Å². The Bertz CT molecular complexity index is 519. The molecule has 0 saturated carbocycles. The number of halogens is 2. The molecule has 3 nitrogen and oxygen atoms in total. The molecule has 1 aromatic carbocycles. The number of rotatable bonds is 4. The maximum absolute atomic E-state index is 14.0. The monoisotopic (exact) mass is 311 g/mol. The van der Waals surface area contributed by atoms with Crippen LogP contribution in [0.3, 0.4) is 0 Å². The van der Waals surface area contributed by atoms with E-state index in [1.807, 2.05) is 30.9 Å². The van der Waals surface area contributed by atoms with Gasteiger partial charge in [0, 0.05) is 28.3 Å². The van der Waals surface area contributed by atoms with Crippen LogP contribution < -0.4 is 5.32 Å². The highest BCUT2D eigenvalue weighted by atomic mass is 79.9. The standard InChI is InChI=1S/C13H15BrFN3/c1-3-18-8-9(7-17-18)13(16-2)12-10(14)5-4-6-11(12)15/h4-8,13,16H,3H2,1-2H3. The first kappa shape index (κ1) is 13.2. The summed E-state index contributed by atoms with van der Waals surface area (Å²) in [6, 6.07) is 4.79. The third-order valence-electron chi connectivity index (χ3n) is 2.89. The molecule has 1 unspecified atom stereocenters. The minimum absolute atomic E-state index is 0.208. The maximum atomic E-state index is 14.0. The van der Waals surface area contributed by atoms with Crippen LogP contribution in [0.4, 0.5) is 4.39 Å². The molecule has 0 amide bonds. The van der Waals surface area contributed by atoms with Crippen molar-refractivity contribution in [2.75, 3.05) is 7.05 Å². The van der Waals surface area contributed by atoms with Crippen molar-refractivity contribution in [3.63, 3.8) is 0 Å². The van der Waals surface area contributed by atoms with E-state index in [-0.39, 0.29) is 11.9 Å². The largest absolute Gasteiger partial charge is 0.309 e. The van der Waals surface area contributed by atoms with Gasteiger partial charge in [-0.1, -0.05) is 22.0 Å². The van der Waals surface area contributed by atoms with Gasteiger partial charge in [0.1, 0.15) is 5.82 Å². The molecule has 0 fully saturated rings. The van der Waals surface area contributed by atoms with Crippen molar-refractivity contribution in [1.82, 2.24) is 15.1 Å². The lowest BCUT2D eigenvalue weighted by molar-refractivity contribution is 0.573. The van der Waals surface area contributed by atoms with E-state index in [9.17, 15) is 4.39 Å². The van der Waals surface area contributed by atoms with E-state index < -0.39 is 0 Å².